The van der Waals surface area contributed by atoms with Crippen LogP contribution in [0.4, 0.5) is 26.3 Å². The van der Waals surface area contributed by atoms with Crippen molar-refractivity contribution in [3.63, 3.8) is 0 Å². The quantitative estimate of drug-likeness (QED) is 0.300. The summed E-state index contributed by atoms with van der Waals surface area (Å²) < 4.78 is 111. The number of amides is 1. The lowest BCUT2D eigenvalue weighted by molar-refractivity contribution is -0.139. The first-order valence-electron chi connectivity index (χ1n) is 12.8. The SMILES string of the molecule is CCS(=O)(=O)c1ccc(CNC(=O)c2nn(C(C)(C)C)c(Oc3cncc(CNCC(F)(F)F)c3C(F)(F)F)c2C)nc1. The number of nitrogens with one attached hydrogen (secondary N) is 2. The van der Waals surface area contributed by atoms with Crippen LogP contribution in [0.1, 0.15) is 60.6 Å². The molecular formula is C26H30F6N6O4S. The summed E-state index contributed by atoms with van der Waals surface area (Å²) in [6.07, 6.45) is -6.91. The number of hydrogen-bond donors (Lipinski definition) is 2. The number of ether oxygens (including phenoxy) is 1. The third kappa shape index (κ3) is 8.43. The van der Waals surface area contributed by atoms with Gasteiger partial charge in [0.05, 0.1) is 41.2 Å². The highest BCUT2D eigenvalue weighted by atomic mass is 32.2. The van der Waals surface area contributed by atoms with Gasteiger partial charge in [0.1, 0.15) is 5.56 Å². The van der Waals surface area contributed by atoms with Gasteiger partial charge >= 0.3 is 12.4 Å². The molecule has 3 heterocycles. The van der Waals surface area contributed by atoms with E-state index < -0.39 is 63.6 Å². The summed E-state index contributed by atoms with van der Waals surface area (Å²) in [5, 5.41) is 8.79. The number of pyridine rings is 2. The maximum Gasteiger partial charge on any atom is 0.420 e. The number of halogens is 6. The van der Waals surface area contributed by atoms with Crippen molar-refractivity contribution >= 4 is 15.7 Å². The van der Waals surface area contributed by atoms with Crippen LogP contribution >= 0.6 is 0 Å². The fraction of sp³-hybridized carbons (Fsp3) is 0.462. The number of rotatable bonds is 10. The van der Waals surface area contributed by atoms with Gasteiger partial charge in [-0.1, -0.05) is 6.92 Å². The van der Waals surface area contributed by atoms with Crippen molar-refractivity contribution in [3.05, 3.63) is 58.8 Å². The number of nitrogens with zero attached hydrogens (tertiary/aromatic N) is 4. The number of aromatic nitrogens is 4. The Morgan fingerprint density at radius 1 is 1.02 bits per heavy atom. The minimum absolute atomic E-state index is 0.0274. The first-order chi connectivity index (χ1) is 19.7. The molecule has 0 radical (unpaired) electrons. The molecule has 0 saturated heterocycles. The lowest BCUT2D eigenvalue weighted by Gasteiger charge is -2.23. The highest BCUT2D eigenvalue weighted by Gasteiger charge is 2.39. The molecule has 0 spiro atoms. The molecule has 0 saturated carbocycles. The van der Waals surface area contributed by atoms with E-state index in [9.17, 15) is 39.6 Å². The van der Waals surface area contributed by atoms with Crippen molar-refractivity contribution in [1.29, 1.82) is 0 Å². The van der Waals surface area contributed by atoms with Gasteiger partial charge in [-0.3, -0.25) is 14.8 Å². The monoisotopic (exact) mass is 636 g/mol. The Bertz CT molecular complexity index is 1560. The summed E-state index contributed by atoms with van der Waals surface area (Å²) in [5.74, 6) is -1.81. The first-order valence-corrected chi connectivity index (χ1v) is 14.4. The average molecular weight is 637 g/mol. The summed E-state index contributed by atoms with van der Waals surface area (Å²) in [6.45, 7) is 5.51. The average Bonchev–Trinajstić information content (AvgIpc) is 3.22. The van der Waals surface area contributed by atoms with E-state index in [-0.39, 0.29) is 34.3 Å². The van der Waals surface area contributed by atoms with Crippen LogP contribution < -0.4 is 15.4 Å². The van der Waals surface area contributed by atoms with Gasteiger partial charge in [-0.15, -0.1) is 0 Å². The molecule has 3 aromatic rings. The molecule has 0 aliphatic heterocycles. The first kappa shape index (κ1) is 33.8. The van der Waals surface area contributed by atoms with Gasteiger partial charge < -0.3 is 15.4 Å². The van der Waals surface area contributed by atoms with Crippen LogP contribution in [0, 0.1) is 6.92 Å². The third-order valence-corrected chi connectivity index (χ3v) is 7.73. The molecule has 0 aliphatic rings. The molecule has 3 rings (SSSR count). The number of sulfone groups is 1. The van der Waals surface area contributed by atoms with E-state index in [0.29, 0.717) is 5.69 Å². The molecule has 1 amide bonds. The summed E-state index contributed by atoms with van der Waals surface area (Å²) >= 11 is 0. The number of hydrogen-bond acceptors (Lipinski definition) is 8. The molecule has 0 atom stereocenters. The Hall–Kier alpha value is -3.73. The van der Waals surface area contributed by atoms with Crippen molar-refractivity contribution in [2.24, 2.45) is 0 Å². The zero-order chi connectivity index (χ0) is 32.4. The van der Waals surface area contributed by atoms with Crippen LogP contribution in [0.15, 0.2) is 35.6 Å². The predicted octanol–water partition coefficient (Wildman–Crippen LogP) is 4.92. The molecule has 0 aromatic carbocycles. The maximum absolute atomic E-state index is 14.1. The summed E-state index contributed by atoms with van der Waals surface area (Å²) in [7, 11) is -3.46. The predicted molar refractivity (Wildman–Crippen MR) is 142 cm³/mol. The summed E-state index contributed by atoms with van der Waals surface area (Å²) in [4.78, 5) is 20.9. The Morgan fingerprint density at radius 2 is 1.70 bits per heavy atom. The van der Waals surface area contributed by atoms with Gasteiger partial charge in [0.2, 0.25) is 5.88 Å². The van der Waals surface area contributed by atoms with E-state index in [0.717, 1.165) is 12.4 Å². The Morgan fingerprint density at radius 3 is 2.23 bits per heavy atom. The van der Waals surface area contributed by atoms with Gasteiger partial charge in [-0.25, -0.2) is 13.1 Å². The van der Waals surface area contributed by atoms with Gasteiger partial charge in [0.15, 0.2) is 21.3 Å². The Balaban J connectivity index is 1.93. The lowest BCUT2D eigenvalue weighted by Crippen LogP contribution is -2.29. The zero-order valence-corrected chi connectivity index (χ0v) is 24.6. The lowest BCUT2D eigenvalue weighted by atomic mass is 10.1. The van der Waals surface area contributed by atoms with Gasteiger partial charge in [-0.05, 0) is 39.8 Å². The van der Waals surface area contributed by atoms with Crippen molar-refractivity contribution in [2.45, 2.75) is 70.5 Å². The highest BCUT2D eigenvalue weighted by Crippen LogP contribution is 2.41. The maximum atomic E-state index is 14.1. The van der Waals surface area contributed by atoms with E-state index in [1.54, 1.807) is 20.8 Å². The highest BCUT2D eigenvalue weighted by molar-refractivity contribution is 7.91. The van der Waals surface area contributed by atoms with Crippen LogP contribution in [0.3, 0.4) is 0 Å². The molecule has 3 aromatic heterocycles. The van der Waals surface area contributed by atoms with Crippen LogP contribution in [0.5, 0.6) is 11.6 Å². The molecule has 0 fully saturated rings. The molecule has 0 bridgehead atoms. The van der Waals surface area contributed by atoms with E-state index >= 15 is 0 Å². The van der Waals surface area contributed by atoms with E-state index in [1.165, 1.54) is 36.9 Å². The Labute approximate surface area is 243 Å². The van der Waals surface area contributed by atoms with E-state index in [1.807, 2.05) is 5.32 Å². The normalized spacial score (nSPS) is 12.8. The molecule has 236 valence electrons. The molecule has 43 heavy (non-hydrogen) atoms. The van der Waals surface area contributed by atoms with E-state index in [2.05, 4.69) is 20.4 Å². The van der Waals surface area contributed by atoms with Crippen molar-refractivity contribution in [2.75, 3.05) is 12.3 Å². The van der Waals surface area contributed by atoms with Crippen LogP contribution in [0.2, 0.25) is 0 Å². The van der Waals surface area contributed by atoms with Crippen LogP contribution in [-0.4, -0.2) is 52.5 Å². The standard InChI is InChI=1S/C26H30F6N6O4S/c1-6-43(40,41)18-8-7-17(35-12-18)11-36-22(39)21-15(2)23(38(37-21)24(3,4)5)42-19-13-33-9-16(20(19)26(30,31)32)10-34-14-25(27,28)29/h7-9,12-13,34H,6,10-11,14H2,1-5H3,(H,36,39). The van der Waals surface area contributed by atoms with Crippen LogP contribution in [0.25, 0.3) is 0 Å². The molecular weight excluding hydrogens is 606 g/mol. The molecule has 10 nitrogen and oxygen atoms in total. The van der Waals surface area contributed by atoms with E-state index in [4.69, 9.17) is 4.74 Å². The van der Waals surface area contributed by atoms with Crippen molar-refractivity contribution in [1.82, 2.24) is 30.4 Å². The molecule has 2 N–H and O–H groups in total. The zero-order valence-electron chi connectivity index (χ0n) is 23.8. The van der Waals surface area contributed by atoms with Gasteiger partial charge in [-0.2, -0.15) is 31.4 Å². The van der Waals surface area contributed by atoms with Gasteiger partial charge in [0.25, 0.3) is 5.91 Å². The summed E-state index contributed by atoms with van der Waals surface area (Å²) in [6, 6.07) is 2.79. The second-order valence-electron chi connectivity index (χ2n) is 10.4. The minimum Gasteiger partial charge on any atom is -0.437 e. The number of carbonyl (C=O) groups is 1. The second kappa shape index (κ2) is 12.5. The fourth-order valence-corrected chi connectivity index (χ4v) is 4.67. The topological polar surface area (TPSA) is 128 Å². The number of alkyl halides is 6. The van der Waals surface area contributed by atoms with Crippen LogP contribution in [-0.2, 0) is 34.6 Å². The molecule has 0 aliphatic carbocycles. The molecule has 0 unspecified atom stereocenters. The minimum atomic E-state index is -5.02. The smallest absolute Gasteiger partial charge is 0.420 e. The second-order valence-corrected chi connectivity index (χ2v) is 12.7. The largest absolute Gasteiger partial charge is 0.437 e. The van der Waals surface area contributed by atoms with Crippen molar-refractivity contribution in [3.8, 4) is 11.6 Å². The molecule has 17 heteroatoms. The Kier molecular flexibility index (Phi) is 9.80. The van der Waals surface area contributed by atoms with Gasteiger partial charge in [0, 0.05) is 30.1 Å². The van der Waals surface area contributed by atoms with Crippen molar-refractivity contribution < 1.29 is 44.3 Å². The fourth-order valence-electron chi connectivity index (χ4n) is 3.85. The summed E-state index contributed by atoms with van der Waals surface area (Å²) in [5.41, 5.74) is -2.54. The third-order valence-electron chi connectivity index (χ3n) is 6.01. The number of carbonyl (C=O) groups excluding carboxylic acids is 1.